The number of unbranched alkanes of at least 4 members (excludes halogenated alkanes) is 11. The molecule has 0 fully saturated rings. The molecule has 0 bridgehead atoms. The maximum absolute atomic E-state index is 10.9. The van der Waals surface area contributed by atoms with Gasteiger partial charge in [0.15, 0.2) is 0 Å². The number of allylic oxidation sites excluding steroid dienone is 2. The first-order valence-electron chi connectivity index (χ1n) is 9.03. The summed E-state index contributed by atoms with van der Waals surface area (Å²) in [4.78, 5) is 10.9. The van der Waals surface area contributed by atoms with Gasteiger partial charge in [-0.25, -0.2) is 0 Å². The number of esters is 1. The van der Waals surface area contributed by atoms with Crippen molar-refractivity contribution in [3.63, 3.8) is 0 Å². The molecule has 21 heavy (non-hydrogen) atoms. The van der Waals surface area contributed by atoms with E-state index in [-0.39, 0.29) is 5.97 Å². The molecular weight excluding hydrogens is 260 g/mol. The minimum absolute atomic E-state index is 0.0791. The number of hydrogen-bond donors (Lipinski definition) is 0. The standard InChI is InChI=1S/C19H36O2/c1-3-4-5-6-7-8-9-10-11-12-13-14-15-16-17-18-19(20)21-2/h11-12H,3-10,13-18H2,1-2H3/b12-11-. The fourth-order valence-electron chi connectivity index (χ4n) is 2.44. The zero-order valence-electron chi connectivity index (χ0n) is 14.4. The number of carbonyl (C=O) groups excluding carboxylic acids is 1. The van der Waals surface area contributed by atoms with Gasteiger partial charge in [-0.15, -0.1) is 0 Å². The summed E-state index contributed by atoms with van der Waals surface area (Å²) in [6.45, 7) is 2.27. The summed E-state index contributed by atoms with van der Waals surface area (Å²) >= 11 is 0. The Morgan fingerprint density at radius 3 is 1.76 bits per heavy atom. The first-order chi connectivity index (χ1) is 10.3. The van der Waals surface area contributed by atoms with Crippen molar-refractivity contribution in [1.29, 1.82) is 0 Å². The van der Waals surface area contributed by atoms with E-state index in [1.54, 1.807) is 0 Å². The predicted molar refractivity (Wildman–Crippen MR) is 91.5 cm³/mol. The molecular formula is C19H36O2. The zero-order valence-corrected chi connectivity index (χ0v) is 14.4. The Morgan fingerprint density at radius 1 is 0.762 bits per heavy atom. The smallest absolute Gasteiger partial charge is 0.305 e. The van der Waals surface area contributed by atoms with Crippen molar-refractivity contribution in [2.45, 2.75) is 96.8 Å². The monoisotopic (exact) mass is 296 g/mol. The third-order valence-corrected chi connectivity index (χ3v) is 3.87. The molecule has 0 saturated heterocycles. The van der Waals surface area contributed by atoms with E-state index in [0.717, 1.165) is 12.8 Å². The first-order valence-corrected chi connectivity index (χ1v) is 9.03. The van der Waals surface area contributed by atoms with Gasteiger partial charge in [0.25, 0.3) is 0 Å². The summed E-state index contributed by atoms with van der Waals surface area (Å²) in [7, 11) is 1.46. The van der Waals surface area contributed by atoms with Crippen LogP contribution in [0, 0.1) is 0 Å². The lowest BCUT2D eigenvalue weighted by atomic mass is 10.1. The number of ether oxygens (including phenoxy) is 1. The highest BCUT2D eigenvalue weighted by Gasteiger charge is 1.98. The summed E-state index contributed by atoms with van der Waals surface area (Å²) in [6.07, 6.45) is 22.0. The lowest BCUT2D eigenvalue weighted by molar-refractivity contribution is -0.140. The molecule has 0 aliphatic carbocycles. The molecule has 0 spiro atoms. The van der Waals surface area contributed by atoms with E-state index in [4.69, 9.17) is 0 Å². The van der Waals surface area contributed by atoms with Crippen molar-refractivity contribution in [1.82, 2.24) is 0 Å². The largest absolute Gasteiger partial charge is 0.469 e. The molecule has 0 rings (SSSR count). The van der Waals surface area contributed by atoms with E-state index in [2.05, 4.69) is 23.8 Å². The summed E-state index contributed by atoms with van der Waals surface area (Å²) < 4.78 is 4.62. The van der Waals surface area contributed by atoms with Gasteiger partial charge < -0.3 is 4.74 Å². The highest BCUT2D eigenvalue weighted by molar-refractivity contribution is 5.68. The van der Waals surface area contributed by atoms with Crippen LogP contribution in [0.2, 0.25) is 0 Å². The van der Waals surface area contributed by atoms with Crippen LogP contribution in [0.5, 0.6) is 0 Å². The summed E-state index contributed by atoms with van der Waals surface area (Å²) in [5, 5.41) is 0. The molecule has 0 heterocycles. The van der Waals surface area contributed by atoms with Crippen molar-refractivity contribution in [2.75, 3.05) is 7.11 Å². The number of carbonyl (C=O) groups is 1. The number of hydrogen-bond acceptors (Lipinski definition) is 2. The van der Waals surface area contributed by atoms with E-state index < -0.39 is 0 Å². The highest BCUT2D eigenvalue weighted by Crippen LogP contribution is 2.10. The first kappa shape index (κ1) is 20.2. The molecule has 2 heteroatoms. The molecule has 0 radical (unpaired) electrons. The second-order valence-corrected chi connectivity index (χ2v) is 5.91. The zero-order chi connectivity index (χ0) is 15.6. The summed E-state index contributed by atoms with van der Waals surface area (Å²) in [6, 6.07) is 0. The quantitative estimate of drug-likeness (QED) is 0.204. The third kappa shape index (κ3) is 17.2. The molecule has 0 amide bonds. The third-order valence-electron chi connectivity index (χ3n) is 3.87. The lowest BCUT2D eigenvalue weighted by Gasteiger charge is -2.00. The Hall–Kier alpha value is -0.790. The Kier molecular flexibility index (Phi) is 16.6. The van der Waals surface area contributed by atoms with Gasteiger partial charge in [0.2, 0.25) is 0 Å². The van der Waals surface area contributed by atoms with Crippen molar-refractivity contribution in [3.8, 4) is 0 Å². The van der Waals surface area contributed by atoms with Crippen LogP contribution in [0.25, 0.3) is 0 Å². The van der Waals surface area contributed by atoms with Gasteiger partial charge in [-0.1, -0.05) is 70.4 Å². The van der Waals surface area contributed by atoms with Crippen LogP contribution < -0.4 is 0 Å². The minimum Gasteiger partial charge on any atom is -0.469 e. The number of rotatable bonds is 15. The van der Waals surface area contributed by atoms with Crippen LogP contribution in [-0.4, -0.2) is 13.1 Å². The van der Waals surface area contributed by atoms with Gasteiger partial charge >= 0.3 is 5.97 Å². The summed E-state index contributed by atoms with van der Waals surface area (Å²) in [5.74, 6) is -0.0791. The van der Waals surface area contributed by atoms with E-state index in [1.807, 2.05) is 0 Å². The topological polar surface area (TPSA) is 26.3 Å². The molecule has 0 unspecified atom stereocenters. The maximum atomic E-state index is 10.9. The Labute approximate surface area is 132 Å². The van der Waals surface area contributed by atoms with Crippen molar-refractivity contribution < 1.29 is 9.53 Å². The van der Waals surface area contributed by atoms with E-state index in [9.17, 15) is 4.79 Å². The second kappa shape index (κ2) is 17.3. The van der Waals surface area contributed by atoms with Crippen molar-refractivity contribution in [2.24, 2.45) is 0 Å². The SMILES string of the molecule is CCCCCCCCC/C=C\CCCCCCC(=O)OC. The van der Waals surface area contributed by atoms with Gasteiger partial charge in [0.1, 0.15) is 0 Å². The lowest BCUT2D eigenvalue weighted by Crippen LogP contribution is -1.98. The van der Waals surface area contributed by atoms with E-state index in [1.165, 1.54) is 77.7 Å². The van der Waals surface area contributed by atoms with Crippen LogP contribution in [0.1, 0.15) is 96.8 Å². The Bertz CT molecular complexity index is 246. The fourth-order valence-corrected chi connectivity index (χ4v) is 2.44. The number of methoxy groups -OCH3 is 1. The van der Waals surface area contributed by atoms with Crippen molar-refractivity contribution >= 4 is 5.97 Å². The maximum Gasteiger partial charge on any atom is 0.305 e. The molecule has 2 nitrogen and oxygen atoms in total. The molecule has 0 N–H and O–H groups in total. The normalized spacial score (nSPS) is 11.1. The fraction of sp³-hybridized carbons (Fsp3) is 0.842. The molecule has 0 aromatic carbocycles. The average Bonchev–Trinajstić information content (AvgIpc) is 2.50. The van der Waals surface area contributed by atoms with E-state index in [0.29, 0.717) is 6.42 Å². The molecule has 0 aromatic rings. The minimum atomic E-state index is -0.0791. The van der Waals surface area contributed by atoms with Crippen LogP contribution >= 0.6 is 0 Å². The summed E-state index contributed by atoms with van der Waals surface area (Å²) in [5.41, 5.74) is 0. The molecule has 124 valence electrons. The van der Waals surface area contributed by atoms with Gasteiger partial charge in [-0.2, -0.15) is 0 Å². The Morgan fingerprint density at radius 2 is 1.24 bits per heavy atom. The Balaban J connectivity index is 3.10. The van der Waals surface area contributed by atoms with Crippen LogP contribution in [-0.2, 0) is 9.53 Å². The molecule has 0 aliphatic rings. The molecule has 0 saturated carbocycles. The van der Waals surface area contributed by atoms with E-state index >= 15 is 0 Å². The van der Waals surface area contributed by atoms with Crippen LogP contribution in [0.4, 0.5) is 0 Å². The van der Waals surface area contributed by atoms with Gasteiger partial charge in [-0.05, 0) is 32.1 Å². The highest BCUT2D eigenvalue weighted by atomic mass is 16.5. The molecule has 0 atom stereocenters. The second-order valence-electron chi connectivity index (χ2n) is 5.91. The van der Waals surface area contributed by atoms with Crippen LogP contribution in [0.15, 0.2) is 12.2 Å². The van der Waals surface area contributed by atoms with Crippen molar-refractivity contribution in [3.05, 3.63) is 12.2 Å². The van der Waals surface area contributed by atoms with Crippen LogP contribution in [0.3, 0.4) is 0 Å². The van der Waals surface area contributed by atoms with Gasteiger partial charge in [0.05, 0.1) is 7.11 Å². The van der Waals surface area contributed by atoms with Gasteiger partial charge in [-0.3, -0.25) is 4.79 Å². The average molecular weight is 296 g/mol. The molecule has 0 aliphatic heterocycles. The van der Waals surface area contributed by atoms with Gasteiger partial charge in [0, 0.05) is 6.42 Å². The predicted octanol–water partition coefficient (Wildman–Crippen LogP) is 6.20. The molecule has 0 aromatic heterocycles.